The molecule has 2 rings (SSSR count). The lowest BCUT2D eigenvalue weighted by Gasteiger charge is -2.16. The van der Waals surface area contributed by atoms with Crippen LogP contribution < -0.4 is 4.90 Å². The van der Waals surface area contributed by atoms with Gasteiger partial charge in [-0.15, -0.1) is 6.42 Å². The fourth-order valence-electron chi connectivity index (χ4n) is 2.04. The van der Waals surface area contributed by atoms with Crippen LogP contribution >= 0.6 is 0 Å². The van der Waals surface area contributed by atoms with Crippen LogP contribution in [0.4, 0.5) is 5.69 Å². The second kappa shape index (κ2) is 5.26. The number of terminal acetylenes is 1. The fraction of sp³-hybridized carbons (Fsp3) is 0.308. The molecule has 0 aliphatic carbocycles. The highest BCUT2D eigenvalue weighted by Gasteiger charge is 2.29. The van der Waals surface area contributed by atoms with Crippen LogP contribution in [-0.4, -0.2) is 19.0 Å². The highest BCUT2D eigenvalue weighted by atomic mass is 16.2. The molecule has 1 atom stereocenters. The number of hydrogen-bond acceptors (Lipinski definition) is 2. The average molecular weight is 240 g/mol. The van der Waals surface area contributed by atoms with Crippen molar-refractivity contribution in [1.82, 2.24) is 0 Å². The molecule has 18 heavy (non-hydrogen) atoms. The fourth-order valence-corrected chi connectivity index (χ4v) is 2.04. The van der Waals surface area contributed by atoms with Crippen molar-refractivity contribution in [2.24, 2.45) is 11.0 Å². The zero-order valence-corrected chi connectivity index (χ0v) is 9.78. The van der Waals surface area contributed by atoms with E-state index in [1.807, 2.05) is 24.3 Å². The first-order chi connectivity index (χ1) is 8.74. The van der Waals surface area contributed by atoms with Gasteiger partial charge in [-0.25, -0.2) is 0 Å². The highest BCUT2D eigenvalue weighted by Crippen LogP contribution is 2.25. The monoisotopic (exact) mass is 240 g/mol. The zero-order valence-electron chi connectivity index (χ0n) is 9.78. The summed E-state index contributed by atoms with van der Waals surface area (Å²) >= 11 is 0. The number of carbonyl (C=O) groups is 1. The van der Waals surface area contributed by atoms with Crippen molar-refractivity contribution in [1.29, 1.82) is 0 Å². The normalized spacial score (nSPS) is 18.3. The van der Waals surface area contributed by atoms with E-state index in [4.69, 9.17) is 12.0 Å². The van der Waals surface area contributed by atoms with Gasteiger partial charge in [-0.1, -0.05) is 11.0 Å². The van der Waals surface area contributed by atoms with E-state index in [9.17, 15) is 4.79 Å². The predicted molar refractivity (Wildman–Crippen MR) is 68.9 cm³/mol. The molecule has 1 aromatic rings. The number of anilines is 1. The molecule has 1 amide bonds. The van der Waals surface area contributed by atoms with E-state index >= 15 is 0 Å². The van der Waals surface area contributed by atoms with Gasteiger partial charge in [-0.2, -0.15) is 0 Å². The van der Waals surface area contributed by atoms with E-state index in [1.165, 1.54) is 0 Å². The van der Waals surface area contributed by atoms with Crippen LogP contribution in [0.2, 0.25) is 0 Å². The lowest BCUT2D eigenvalue weighted by Crippen LogP contribution is -2.24. The maximum atomic E-state index is 11.9. The number of amides is 1. The molecule has 0 saturated carbocycles. The molecule has 1 saturated heterocycles. The molecule has 0 aromatic heterocycles. The third-order valence-corrected chi connectivity index (χ3v) is 2.95. The van der Waals surface area contributed by atoms with Crippen molar-refractivity contribution in [3.63, 3.8) is 0 Å². The Morgan fingerprint density at radius 1 is 1.50 bits per heavy atom. The van der Waals surface area contributed by atoms with Gasteiger partial charge in [0.25, 0.3) is 0 Å². The lowest BCUT2D eigenvalue weighted by molar-refractivity contribution is -0.117. The number of benzene rings is 1. The van der Waals surface area contributed by atoms with Crippen molar-refractivity contribution >= 4 is 11.6 Å². The second-order valence-electron chi connectivity index (χ2n) is 4.18. The Morgan fingerprint density at radius 2 is 2.22 bits per heavy atom. The first-order valence-electron chi connectivity index (χ1n) is 5.62. The Hall–Kier alpha value is -2.44. The third-order valence-electron chi connectivity index (χ3n) is 2.95. The van der Waals surface area contributed by atoms with E-state index in [0.29, 0.717) is 19.5 Å². The predicted octanol–water partition coefficient (Wildman–Crippen LogP) is 2.33. The quantitative estimate of drug-likeness (QED) is 0.346. The molecule has 1 heterocycles. The van der Waals surface area contributed by atoms with Crippen molar-refractivity contribution in [2.45, 2.75) is 6.42 Å². The number of nitrogens with zero attached hydrogens (tertiary/aromatic N) is 4. The van der Waals surface area contributed by atoms with Crippen LogP contribution in [0.5, 0.6) is 0 Å². The number of azide groups is 1. The van der Waals surface area contributed by atoms with Crippen LogP contribution in [0.15, 0.2) is 29.4 Å². The van der Waals surface area contributed by atoms with Gasteiger partial charge in [0.05, 0.1) is 0 Å². The Balaban J connectivity index is 2.11. The van der Waals surface area contributed by atoms with Gasteiger partial charge >= 0.3 is 0 Å². The second-order valence-corrected chi connectivity index (χ2v) is 4.18. The maximum Gasteiger partial charge on any atom is 0.227 e. The largest absolute Gasteiger partial charge is 0.312 e. The molecule has 5 heteroatoms. The molecule has 90 valence electrons. The van der Waals surface area contributed by atoms with E-state index < -0.39 is 0 Å². The van der Waals surface area contributed by atoms with Crippen LogP contribution in [-0.2, 0) is 4.79 Å². The summed E-state index contributed by atoms with van der Waals surface area (Å²) in [5.41, 5.74) is 9.90. The molecular weight excluding hydrogens is 228 g/mol. The van der Waals surface area contributed by atoms with Crippen molar-refractivity contribution in [3.8, 4) is 12.3 Å². The molecule has 1 fully saturated rings. The van der Waals surface area contributed by atoms with Gasteiger partial charge in [-0.05, 0) is 35.7 Å². The molecular formula is C13H12N4O. The molecule has 0 N–H and O–H groups in total. The molecule has 1 aliphatic rings. The molecule has 5 nitrogen and oxygen atoms in total. The summed E-state index contributed by atoms with van der Waals surface area (Å²) in [6.45, 7) is 0.953. The minimum atomic E-state index is 0.0570. The van der Waals surface area contributed by atoms with Gasteiger partial charge in [0, 0.05) is 35.7 Å². The number of carbonyl (C=O) groups excluding carboxylic acids is 1. The van der Waals surface area contributed by atoms with Crippen LogP contribution in [0, 0.1) is 18.3 Å². The summed E-state index contributed by atoms with van der Waals surface area (Å²) in [7, 11) is 0. The average Bonchev–Trinajstić information content (AvgIpc) is 2.78. The molecule has 0 radical (unpaired) electrons. The number of hydrogen-bond donors (Lipinski definition) is 0. The summed E-state index contributed by atoms with van der Waals surface area (Å²) < 4.78 is 0. The Bertz CT molecular complexity index is 537. The molecule has 1 unspecified atom stereocenters. The van der Waals surface area contributed by atoms with Gasteiger partial charge < -0.3 is 4.90 Å². The van der Waals surface area contributed by atoms with Crippen molar-refractivity contribution in [2.75, 3.05) is 18.0 Å². The van der Waals surface area contributed by atoms with Gasteiger partial charge in [0.2, 0.25) is 5.91 Å². The summed E-state index contributed by atoms with van der Waals surface area (Å²) in [5.74, 6) is 2.69. The first-order valence-corrected chi connectivity index (χ1v) is 5.62. The summed E-state index contributed by atoms with van der Waals surface area (Å²) in [6, 6.07) is 7.29. The van der Waals surface area contributed by atoms with Gasteiger partial charge in [0.15, 0.2) is 0 Å². The summed E-state index contributed by atoms with van der Waals surface area (Å²) in [5, 5.41) is 3.52. The first kappa shape index (κ1) is 12.0. The maximum absolute atomic E-state index is 11.9. The van der Waals surface area contributed by atoms with E-state index in [-0.39, 0.29) is 11.8 Å². The Labute approximate surface area is 105 Å². The minimum absolute atomic E-state index is 0.0570. The zero-order chi connectivity index (χ0) is 13.0. The van der Waals surface area contributed by atoms with Crippen molar-refractivity contribution in [3.05, 3.63) is 40.3 Å². The van der Waals surface area contributed by atoms with E-state index in [0.717, 1.165) is 11.3 Å². The van der Waals surface area contributed by atoms with Crippen molar-refractivity contribution < 1.29 is 4.79 Å². The third kappa shape index (κ3) is 2.45. The van der Waals surface area contributed by atoms with Crippen LogP contribution in [0.25, 0.3) is 10.4 Å². The summed E-state index contributed by atoms with van der Waals surface area (Å²) in [4.78, 5) is 16.3. The van der Waals surface area contributed by atoms with Gasteiger partial charge in [0.1, 0.15) is 0 Å². The summed E-state index contributed by atoms with van der Waals surface area (Å²) in [6.07, 6.45) is 5.71. The molecule has 1 aromatic carbocycles. The minimum Gasteiger partial charge on any atom is -0.312 e. The van der Waals surface area contributed by atoms with Crippen LogP contribution in [0.3, 0.4) is 0 Å². The van der Waals surface area contributed by atoms with E-state index in [1.54, 1.807) is 4.90 Å². The topological polar surface area (TPSA) is 69.1 Å². The lowest BCUT2D eigenvalue weighted by atomic mass is 10.1. The molecule has 0 bridgehead atoms. The SMILES string of the molecule is C#Cc1ccc(N2CC(CN=[N+]=[N-])CC2=O)cc1. The number of rotatable bonds is 3. The van der Waals surface area contributed by atoms with Crippen LogP contribution in [0.1, 0.15) is 12.0 Å². The Kier molecular flexibility index (Phi) is 3.52. The highest BCUT2D eigenvalue weighted by molar-refractivity contribution is 5.95. The smallest absolute Gasteiger partial charge is 0.227 e. The molecule has 1 aliphatic heterocycles. The van der Waals surface area contributed by atoms with Gasteiger partial charge in [-0.3, -0.25) is 4.79 Å². The Morgan fingerprint density at radius 3 is 2.83 bits per heavy atom. The molecule has 0 spiro atoms. The standard InChI is InChI=1S/C13H12N4O/c1-2-10-3-5-12(6-4-10)17-9-11(7-13(17)18)8-15-16-14/h1,3-6,11H,7-9H2. The van der Waals surface area contributed by atoms with E-state index in [2.05, 4.69) is 15.9 Å².